The molecule has 1 aromatic carbocycles. The van der Waals surface area contributed by atoms with Gasteiger partial charge < -0.3 is 5.32 Å². The summed E-state index contributed by atoms with van der Waals surface area (Å²) < 4.78 is 15.1. The van der Waals surface area contributed by atoms with Gasteiger partial charge in [-0.1, -0.05) is 30.3 Å². The van der Waals surface area contributed by atoms with Crippen LogP contribution in [0.5, 0.6) is 0 Å². The van der Waals surface area contributed by atoms with Gasteiger partial charge in [0.05, 0.1) is 17.0 Å². The first kappa shape index (κ1) is 23.1. The van der Waals surface area contributed by atoms with Crippen molar-refractivity contribution in [1.82, 2.24) is 29.8 Å². The molecule has 0 spiro atoms. The molecule has 1 aliphatic rings. The first-order chi connectivity index (χ1) is 17.1. The fourth-order valence-corrected chi connectivity index (χ4v) is 4.73. The molecule has 180 valence electrons. The van der Waals surface area contributed by atoms with Crippen molar-refractivity contribution in [3.05, 3.63) is 83.7 Å². The van der Waals surface area contributed by atoms with Gasteiger partial charge in [-0.3, -0.25) is 9.69 Å². The van der Waals surface area contributed by atoms with E-state index >= 15 is 0 Å². The van der Waals surface area contributed by atoms with E-state index in [-0.39, 0.29) is 5.91 Å². The van der Waals surface area contributed by atoms with E-state index in [9.17, 15) is 9.18 Å². The highest BCUT2D eigenvalue weighted by atomic mass is 19.1. The van der Waals surface area contributed by atoms with Crippen LogP contribution >= 0.6 is 0 Å². The van der Waals surface area contributed by atoms with Crippen LogP contribution < -0.4 is 5.32 Å². The summed E-state index contributed by atoms with van der Waals surface area (Å²) in [7, 11) is 0. The van der Waals surface area contributed by atoms with Gasteiger partial charge in [0.2, 0.25) is 5.95 Å². The zero-order valence-electron chi connectivity index (χ0n) is 19.8. The quantitative estimate of drug-likeness (QED) is 0.407. The number of amides is 1. The zero-order valence-corrected chi connectivity index (χ0v) is 19.8. The van der Waals surface area contributed by atoms with Gasteiger partial charge in [0.15, 0.2) is 5.65 Å². The normalized spacial score (nSPS) is 14.9. The first-order valence-corrected chi connectivity index (χ1v) is 12.1. The molecule has 0 atom stereocenters. The van der Waals surface area contributed by atoms with E-state index < -0.39 is 5.95 Å². The standard InChI is InChI=1S/C27H29FN6O/c1-19-23(17-31-26-16-24(32-34(19)26)22-8-12-29-25(28)15-22)27(35)30-11-7-20-9-13-33(14-10-20)18-21-5-3-2-4-6-21/h2-6,8,12,15-17,20H,7,9-11,13-14,18H2,1H3,(H,30,35). The molecular formula is C27H29FN6O. The van der Waals surface area contributed by atoms with Crippen molar-refractivity contribution >= 4 is 11.6 Å². The van der Waals surface area contributed by atoms with Crippen LogP contribution in [-0.4, -0.2) is 50.0 Å². The molecule has 1 fully saturated rings. The maximum Gasteiger partial charge on any atom is 0.254 e. The number of rotatable bonds is 7. The Morgan fingerprint density at radius 1 is 1.11 bits per heavy atom. The van der Waals surface area contributed by atoms with Crippen LogP contribution in [0, 0.1) is 18.8 Å². The molecule has 3 aromatic heterocycles. The molecule has 1 saturated heterocycles. The fourth-order valence-electron chi connectivity index (χ4n) is 4.73. The third-order valence-corrected chi connectivity index (χ3v) is 6.79. The summed E-state index contributed by atoms with van der Waals surface area (Å²) in [6, 6.07) is 15.4. The molecular weight excluding hydrogens is 443 g/mol. The third-order valence-electron chi connectivity index (χ3n) is 6.79. The number of halogens is 1. The third kappa shape index (κ3) is 5.38. The van der Waals surface area contributed by atoms with Gasteiger partial charge in [0, 0.05) is 43.2 Å². The molecule has 0 unspecified atom stereocenters. The van der Waals surface area contributed by atoms with Gasteiger partial charge in [0.1, 0.15) is 0 Å². The van der Waals surface area contributed by atoms with Crippen LogP contribution in [0.15, 0.2) is 60.9 Å². The molecule has 8 heteroatoms. The molecule has 5 rings (SSSR count). The second-order valence-electron chi connectivity index (χ2n) is 9.17. The van der Waals surface area contributed by atoms with E-state index in [1.807, 2.05) is 6.92 Å². The lowest BCUT2D eigenvalue weighted by Gasteiger charge is -2.32. The second kappa shape index (κ2) is 10.3. The highest BCUT2D eigenvalue weighted by Crippen LogP contribution is 2.22. The summed E-state index contributed by atoms with van der Waals surface area (Å²) in [6.07, 6.45) is 6.27. The molecule has 0 saturated carbocycles. The Hall–Kier alpha value is -3.65. The van der Waals surface area contributed by atoms with Crippen molar-refractivity contribution in [2.24, 2.45) is 5.92 Å². The van der Waals surface area contributed by atoms with Gasteiger partial charge in [0.25, 0.3) is 5.91 Å². The predicted molar refractivity (Wildman–Crippen MR) is 132 cm³/mol. The number of pyridine rings is 1. The first-order valence-electron chi connectivity index (χ1n) is 12.1. The maximum absolute atomic E-state index is 13.5. The molecule has 0 aliphatic carbocycles. The Labute approximate surface area is 204 Å². The summed E-state index contributed by atoms with van der Waals surface area (Å²) >= 11 is 0. The number of piperidine rings is 1. The van der Waals surface area contributed by atoms with Gasteiger partial charge >= 0.3 is 0 Å². The van der Waals surface area contributed by atoms with Gasteiger partial charge in [-0.05, 0) is 56.8 Å². The number of hydrogen-bond acceptors (Lipinski definition) is 5. The number of carbonyl (C=O) groups excluding carboxylic acids is 1. The van der Waals surface area contributed by atoms with Crippen molar-refractivity contribution in [2.75, 3.05) is 19.6 Å². The number of benzene rings is 1. The van der Waals surface area contributed by atoms with E-state index in [2.05, 4.69) is 55.6 Å². The molecule has 0 bridgehead atoms. The number of likely N-dealkylation sites (tertiary alicyclic amines) is 1. The largest absolute Gasteiger partial charge is 0.352 e. The van der Waals surface area contributed by atoms with Gasteiger partial charge in [-0.25, -0.2) is 14.5 Å². The lowest BCUT2D eigenvalue weighted by atomic mass is 9.93. The summed E-state index contributed by atoms with van der Waals surface area (Å²) in [4.78, 5) is 23.4. The molecule has 0 radical (unpaired) electrons. The highest BCUT2D eigenvalue weighted by molar-refractivity contribution is 5.95. The number of fused-ring (bicyclic) bond motifs is 1. The van der Waals surface area contributed by atoms with Crippen LogP contribution in [0.25, 0.3) is 16.9 Å². The summed E-state index contributed by atoms with van der Waals surface area (Å²) in [6.45, 7) is 5.67. The monoisotopic (exact) mass is 472 g/mol. The Bertz CT molecular complexity index is 1310. The van der Waals surface area contributed by atoms with Crippen molar-refractivity contribution in [1.29, 1.82) is 0 Å². The SMILES string of the molecule is Cc1c(C(=O)NCCC2CCN(Cc3ccccc3)CC2)cnc2cc(-c3ccnc(F)c3)nn12. The van der Waals surface area contributed by atoms with E-state index in [4.69, 9.17) is 0 Å². The van der Waals surface area contributed by atoms with Gasteiger partial charge in [-0.15, -0.1) is 0 Å². The highest BCUT2D eigenvalue weighted by Gasteiger charge is 2.20. The Balaban J connectivity index is 1.15. The molecule has 4 aromatic rings. The lowest BCUT2D eigenvalue weighted by molar-refractivity contribution is 0.0946. The average Bonchev–Trinajstić information content (AvgIpc) is 3.31. The number of nitrogens with one attached hydrogen (secondary N) is 1. The minimum atomic E-state index is -0.564. The Morgan fingerprint density at radius 3 is 2.69 bits per heavy atom. The number of carbonyl (C=O) groups is 1. The van der Waals surface area contributed by atoms with Crippen LogP contribution in [0.1, 0.15) is 40.9 Å². The second-order valence-corrected chi connectivity index (χ2v) is 9.17. The molecule has 4 heterocycles. The molecule has 35 heavy (non-hydrogen) atoms. The van der Waals surface area contributed by atoms with Crippen molar-refractivity contribution in [2.45, 2.75) is 32.7 Å². The zero-order chi connectivity index (χ0) is 24.2. The fraction of sp³-hybridized carbons (Fsp3) is 0.333. The van der Waals surface area contributed by atoms with Crippen molar-refractivity contribution in [3.8, 4) is 11.3 Å². The number of nitrogens with zero attached hydrogens (tertiary/aromatic N) is 5. The molecule has 7 nitrogen and oxygen atoms in total. The van der Waals surface area contributed by atoms with Crippen LogP contribution in [0.3, 0.4) is 0 Å². The van der Waals surface area contributed by atoms with Crippen LogP contribution in [-0.2, 0) is 6.54 Å². The van der Waals surface area contributed by atoms with E-state index in [0.717, 1.165) is 38.9 Å². The van der Waals surface area contributed by atoms with E-state index in [1.165, 1.54) is 17.8 Å². The smallest absolute Gasteiger partial charge is 0.254 e. The maximum atomic E-state index is 13.5. The van der Waals surface area contributed by atoms with Crippen molar-refractivity contribution in [3.63, 3.8) is 0 Å². The molecule has 1 N–H and O–H groups in total. The number of aryl methyl sites for hydroxylation is 1. The van der Waals surface area contributed by atoms with Crippen LogP contribution in [0.2, 0.25) is 0 Å². The minimum absolute atomic E-state index is 0.148. The van der Waals surface area contributed by atoms with E-state index in [0.29, 0.717) is 40.6 Å². The summed E-state index contributed by atoms with van der Waals surface area (Å²) in [5.74, 6) is -0.0879. The predicted octanol–water partition coefficient (Wildman–Crippen LogP) is 4.27. The summed E-state index contributed by atoms with van der Waals surface area (Å²) in [5.41, 5.74) is 4.35. The van der Waals surface area contributed by atoms with Crippen LogP contribution in [0.4, 0.5) is 4.39 Å². The Morgan fingerprint density at radius 2 is 1.91 bits per heavy atom. The molecule has 1 aliphatic heterocycles. The lowest BCUT2D eigenvalue weighted by Crippen LogP contribution is -2.35. The van der Waals surface area contributed by atoms with Crippen molar-refractivity contribution < 1.29 is 9.18 Å². The topological polar surface area (TPSA) is 75.4 Å². The molecule has 1 amide bonds. The number of hydrogen-bond donors (Lipinski definition) is 1. The average molecular weight is 473 g/mol. The van der Waals surface area contributed by atoms with Gasteiger partial charge in [-0.2, -0.15) is 9.49 Å². The minimum Gasteiger partial charge on any atom is -0.352 e. The summed E-state index contributed by atoms with van der Waals surface area (Å²) in [5, 5.41) is 7.59. The number of aromatic nitrogens is 4. The Kier molecular flexibility index (Phi) is 6.81. The van der Waals surface area contributed by atoms with E-state index in [1.54, 1.807) is 22.8 Å².